The summed E-state index contributed by atoms with van der Waals surface area (Å²) in [4.78, 5) is 0. The van der Waals surface area contributed by atoms with Crippen LogP contribution in [0, 0.1) is 5.82 Å². The first-order valence-corrected chi connectivity index (χ1v) is 6.49. The van der Waals surface area contributed by atoms with Gasteiger partial charge in [-0.1, -0.05) is 11.3 Å². The van der Waals surface area contributed by atoms with Crippen LogP contribution in [0.4, 0.5) is 10.1 Å². The Morgan fingerprint density at radius 2 is 1.26 bits per heavy atom. The van der Waals surface area contributed by atoms with E-state index < -0.39 is 0 Å². The molecule has 0 fully saturated rings. The van der Waals surface area contributed by atoms with E-state index in [0.29, 0.717) is 5.69 Å². The van der Waals surface area contributed by atoms with Crippen molar-refractivity contribution in [2.24, 2.45) is 0 Å². The Balaban J connectivity index is 1.95. The van der Waals surface area contributed by atoms with Gasteiger partial charge in [-0.15, -0.1) is 10.2 Å². The highest BCUT2D eigenvalue weighted by atomic mass is 32.1. The summed E-state index contributed by atoms with van der Waals surface area (Å²) in [6.07, 6.45) is 0. The maximum Gasteiger partial charge on any atom is 0.148 e. The second-order valence-corrected chi connectivity index (χ2v) is 5.02. The summed E-state index contributed by atoms with van der Waals surface area (Å²) in [5, 5.41) is 9.87. The van der Waals surface area contributed by atoms with Crippen molar-refractivity contribution in [2.75, 3.05) is 5.73 Å². The van der Waals surface area contributed by atoms with E-state index >= 15 is 0 Å². The predicted octanol–water partition coefficient (Wildman–Crippen LogP) is 3.59. The van der Waals surface area contributed by atoms with Gasteiger partial charge in [0.25, 0.3) is 0 Å². The summed E-state index contributed by atoms with van der Waals surface area (Å²) >= 11 is 1.47. The second kappa shape index (κ2) is 4.78. The van der Waals surface area contributed by atoms with E-state index in [1.807, 2.05) is 24.3 Å². The Morgan fingerprint density at radius 1 is 0.789 bits per heavy atom. The van der Waals surface area contributed by atoms with Crippen LogP contribution in [0.2, 0.25) is 0 Å². The number of aromatic nitrogens is 2. The third-order valence-corrected chi connectivity index (χ3v) is 3.70. The van der Waals surface area contributed by atoms with Gasteiger partial charge in [-0.2, -0.15) is 0 Å². The Bertz CT molecular complexity index is 629. The lowest BCUT2D eigenvalue weighted by Gasteiger charge is -1.96. The molecule has 0 atom stereocenters. The van der Waals surface area contributed by atoms with Gasteiger partial charge >= 0.3 is 0 Å². The van der Waals surface area contributed by atoms with Gasteiger partial charge in [0.1, 0.15) is 15.8 Å². The van der Waals surface area contributed by atoms with Crippen LogP contribution in [0.3, 0.4) is 0 Å². The number of anilines is 1. The molecule has 0 amide bonds. The molecule has 3 aromatic rings. The molecule has 0 aliphatic heterocycles. The summed E-state index contributed by atoms with van der Waals surface area (Å²) < 4.78 is 12.9. The molecule has 0 bridgehead atoms. The molecule has 3 rings (SSSR count). The molecule has 94 valence electrons. The maximum absolute atomic E-state index is 12.9. The summed E-state index contributed by atoms with van der Waals surface area (Å²) in [5.74, 6) is -0.257. The molecule has 2 N–H and O–H groups in total. The minimum absolute atomic E-state index is 0.257. The number of halogens is 1. The minimum atomic E-state index is -0.257. The zero-order valence-corrected chi connectivity index (χ0v) is 10.7. The third kappa shape index (κ3) is 2.46. The number of hydrogen-bond acceptors (Lipinski definition) is 4. The molecule has 0 aliphatic carbocycles. The molecule has 0 saturated heterocycles. The van der Waals surface area contributed by atoms with E-state index in [1.54, 1.807) is 12.1 Å². The largest absolute Gasteiger partial charge is 0.399 e. The lowest BCUT2D eigenvalue weighted by Crippen LogP contribution is -1.83. The van der Waals surface area contributed by atoms with Crippen LogP contribution in [0.5, 0.6) is 0 Å². The maximum atomic E-state index is 12.9. The van der Waals surface area contributed by atoms with Crippen LogP contribution in [0.1, 0.15) is 0 Å². The van der Waals surface area contributed by atoms with Crippen molar-refractivity contribution in [3.8, 4) is 21.1 Å². The summed E-state index contributed by atoms with van der Waals surface area (Å²) in [6, 6.07) is 13.7. The molecule has 3 nitrogen and oxygen atoms in total. The molecule has 0 radical (unpaired) electrons. The van der Waals surface area contributed by atoms with Gasteiger partial charge in [-0.3, -0.25) is 0 Å². The second-order valence-electron chi connectivity index (χ2n) is 4.04. The van der Waals surface area contributed by atoms with Gasteiger partial charge in [0.05, 0.1) is 0 Å². The lowest BCUT2D eigenvalue weighted by atomic mass is 10.2. The number of hydrogen-bond donors (Lipinski definition) is 1. The van der Waals surface area contributed by atoms with Crippen molar-refractivity contribution >= 4 is 17.0 Å². The first-order chi connectivity index (χ1) is 9.22. The molecule has 0 spiro atoms. The van der Waals surface area contributed by atoms with Crippen LogP contribution in [-0.4, -0.2) is 10.2 Å². The number of nitrogens with two attached hydrogens (primary N) is 1. The fraction of sp³-hybridized carbons (Fsp3) is 0. The number of nitrogen functional groups attached to an aromatic ring is 1. The van der Waals surface area contributed by atoms with E-state index in [1.165, 1.54) is 23.5 Å². The molecule has 1 aromatic heterocycles. The monoisotopic (exact) mass is 271 g/mol. The normalized spacial score (nSPS) is 10.6. The standard InChI is InChI=1S/C14H10FN3S/c15-11-5-1-9(2-6-11)13-17-18-14(19-13)10-3-7-12(16)8-4-10/h1-8H,16H2. The van der Waals surface area contributed by atoms with Gasteiger partial charge in [-0.25, -0.2) is 4.39 Å². The molecule has 2 aromatic carbocycles. The number of benzene rings is 2. The molecule has 19 heavy (non-hydrogen) atoms. The highest BCUT2D eigenvalue weighted by Crippen LogP contribution is 2.30. The van der Waals surface area contributed by atoms with Crippen molar-refractivity contribution < 1.29 is 4.39 Å². The Kier molecular flexibility index (Phi) is 2.97. The van der Waals surface area contributed by atoms with E-state index in [0.717, 1.165) is 21.1 Å². The average molecular weight is 271 g/mol. The molecular weight excluding hydrogens is 261 g/mol. The highest BCUT2D eigenvalue weighted by Gasteiger charge is 2.08. The molecular formula is C14H10FN3S. The van der Waals surface area contributed by atoms with Gasteiger partial charge in [0, 0.05) is 16.8 Å². The average Bonchev–Trinajstić information content (AvgIpc) is 2.90. The Hall–Kier alpha value is -2.27. The fourth-order valence-corrected chi connectivity index (χ4v) is 2.53. The van der Waals surface area contributed by atoms with Crippen molar-refractivity contribution in [1.29, 1.82) is 0 Å². The van der Waals surface area contributed by atoms with Crippen LogP contribution < -0.4 is 5.73 Å². The lowest BCUT2D eigenvalue weighted by molar-refractivity contribution is 0.628. The zero-order valence-electron chi connectivity index (χ0n) is 9.88. The Morgan fingerprint density at radius 3 is 1.79 bits per heavy atom. The first-order valence-electron chi connectivity index (χ1n) is 5.68. The van der Waals surface area contributed by atoms with Crippen molar-refractivity contribution in [3.63, 3.8) is 0 Å². The first kappa shape index (κ1) is 11.8. The Labute approximate surface area is 113 Å². The van der Waals surface area contributed by atoms with Crippen molar-refractivity contribution in [1.82, 2.24) is 10.2 Å². The van der Waals surface area contributed by atoms with Crippen LogP contribution in [0.15, 0.2) is 48.5 Å². The van der Waals surface area contributed by atoms with E-state index in [2.05, 4.69) is 10.2 Å². The third-order valence-electron chi connectivity index (χ3n) is 2.67. The summed E-state index contributed by atoms with van der Waals surface area (Å²) in [7, 11) is 0. The van der Waals surface area contributed by atoms with Gasteiger partial charge < -0.3 is 5.73 Å². The topological polar surface area (TPSA) is 51.8 Å². The number of nitrogens with zero attached hydrogens (tertiary/aromatic N) is 2. The molecule has 0 saturated carbocycles. The molecule has 0 aliphatic rings. The predicted molar refractivity (Wildman–Crippen MR) is 75.2 cm³/mol. The highest BCUT2D eigenvalue weighted by molar-refractivity contribution is 7.17. The minimum Gasteiger partial charge on any atom is -0.399 e. The van der Waals surface area contributed by atoms with E-state index in [4.69, 9.17) is 5.73 Å². The summed E-state index contributed by atoms with van der Waals surface area (Å²) in [5.41, 5.74) is 8.20. The van der Waals surface area contributed by atoms with E-state index in [-0.39, 0.29) is 5.82 Å². The van der Waals surface area contributed by atoms with Gasteiger partial charge in [0.15, 0.2) is 0 Å². The molecule has 5 heteroatoms. The zero-order chi connectivity index (χ0) is 13.2. The van der Waals surface area contributed by atoms with Gasteiger partial charge in [0.2, 0.25) is 0 Å². The van der Waals surface area contributed by atoms with Crippen molar-refractivity contribution in [2.45, 2.75) is 0 Å². The van der Waals surface area contributed by atoms with Gasteiger partial charge in [-0.05, 0) is 48.5 Å². The fourth-order valence-electron chi connectivity index (χ4n) is 1.67. The van der Waals surface area contributed by atoms with Crippen LogP contribution in [-0.2, 0) is 0 Å². The molecule has 1 heterocycles. The molecule has 0 unspecified atom stereocenters. The van der Waals surface area contributed by atoms with E-state index in [9.17, 15) is 4.39 Å². The summed E-state index contributed by atoms with van der Waals surface area (Å²) in [6.45, 7) is 0. The SMILES string of the molecule is Nc1ccc(-c2nnc(-c3ccc(F)cc3)s2)cc1. The number of rotatable bonds is 2. The smallest absolute Gasteiger partial charge is 0.148 e. The van der Waals surface area contributed by atoms with Crippen LogP contribution in [0.25, 0.3) is 21.1 Å². The van der Waals surface area contributed by atoms with Crippen molar-refractivity contribution in [3.05, 3.63) is 54.3 Å². The quantitative estimate of drug-likeness (QED) is 0.725. The van der Waals surface area contributed by atoms with Crippen LogP contribution >= 0.6 is 11.3 Å².